The Bertz CT molecular complexity index is 893. The highest BCUT2D eigenvalue weighted by Crippen LogP contribution is 2.24. The number of ether oxygens (including phenoxy) is 2. The van der Waals surface area contributed by atoms with Gasteiger partial charge in [0.1, 0.15) is 23.8 Å². The second-order valence-corrected chi connectivity index (χ2v) is 5.15. The molecule has 0 saturated carbocycles. The number of hydrogen-bond donors (Lipinski definition) is 0. The molecule has 8 heteroatoms. The lowest BCUT2D eigenvalue weighted by atomic mass is 10.1. The van der Waals surface area contributed by atoms with Crippen molar-refractivity contribution in [1.29, 1.82) is 0 Å². The van der Waals surface area contributed by atoms with Gasteiger partial charge in [-0.05, 0) is 18.2 Å². The summed E-state index contributed by atoms with van der Waals surface area (Å²) in [4.78, 5) is 15.4. The minimum atomic E-state index is -0.475. The van der Waals surface area contributed by atoms with Gasteiger partial charge in [-0.1, -0.05) is 17.3 Å². The molecule has 0 N–H and O–H groups in total. The fourth-order valence-electron chi connectivity index (χ4n) is 2.25. The molecule has 3 rings (SSSR count). The topological polar surface area (TPSA) is 79.1 Å². The van der Waals surface area contributed by atoms with Gasteiger partial charge >= 0.3 is 5.97 Å². The average Bonchev–Trinajstić information content (AvgIpc) is 3.00. The van der Waals surface area contributed by atoms with Crippen LogP contribution < -0.4 is 4.74 Å². The van der Waals surface area contributed by atoms with Crippen LogP contribution in [0.1, 0.15) is 16.1 Å². The van der Waals surface area contributed by atoms with E-state index in [1.165, 1.54) is 24.1 Å². The van der Waals surface area contributed by atoms with Gasteiger partial charge in [0, 0.05) is 24.9 Å². The summed E-state index contributed by atoms with van der Waals surface area (Å²) in [5.41, 5.74) is 1.68. The molecule has 7 nitrogen and oxygen atoms in total. The summed E-state index contributed by atoms with van der Waals surface area (Å²) < 4.78 is 25.8. The first-order chi connectivity index (χ1) is 12.1. The highest BCUT2D eigenvalue weighted by molar-refractivity contribution is 5.88. The van der Waals surface area contributed by atoms with Crippen LogP contribution in [0.25, 0.3) is 11.3 Å². The van der Waals surface area contributed by atoms with Crippen LogP contribution in [0.5, 0.6) is 5.88 Å². The minimum absolute atomic E-state index is 0.0950. The minimum Gasteiger partial charge on any atom is -0.471 e. The van der Waals surface area contributed by atoms with Crippen LogP contribution in [0.3, 0.4) is 0 Å². The number of hydrogen-bond acceptors (Lipinski definition) is 6. The van der Waals surface area contributed by atoms with E-state index in [0.717, 1.165) is 0 Å². The lowest BCUT2D eigenvalue weighted by molar-refractivity contribution is 0.0600. The van der Waals surface area contributed by atoms with Gasteiger partial charge in [-0.25, -0.2) is 18.9 Å². The Kier molecular flexibility index (Phi) is 4.69. The second kappa shape index (κ2) is 7.08. The van der Waals surface area contributed by atoms with Crippen molar-refractivity contribution in [2.24, 2.45) is 7.05 Å². The van der Waals surface area contributed by atoms with Crippen LogP contribution in [0.15, 0.2) is 42.6 Å². The maximum atomic E-state index is 14.0. The number of benzene rings is 1. The van der Waals surface area contributed by atoms with Crippen LogP contribution in [-0.2, 0) is 18.4 Å². The highest BCUT2D eigenvalue weighted by Gasteiger charge is 2.17. The zero-order chi connectivity index (χ0) is 17.8. The molecule has 0 aliphatic rings. The van der Waals surface area contributed by atoms with E-state index in [2.05, 4.69) is 20.0 Å². The number of pyridine rings is 1. The van der Waals surface area contributed by atoms with Crippen LogP contribution in [0.4, 0.5) is 4.39 Å². The van der Waals surface area contributed by atoms with Crippen molar-refractivity contribution in [2.75, 3.05) is 7.11 Å². The molecule has 0 saturated heterocycles. The summed E-state index contributed by atoms with van der Waals surface area (Å²) in [6.45, 7) is 0.0950. The van der Waals surface area contributed by atoms with E-state index in [-0.39, 0.29) is 12.4 Å². The van der Waals surface area contributed by atoms with Crippen molar-refractivity contribution in [2.45, 2.75) is 6.61 Å². The molecular formula is C17H15FN4O3. The van der Waals surface area contributed by atoms with Crippen LogP contribution >= 0.6 is 0 Å². The van der Waals surface area contributed by atoms with Gasteiger partial charge in [-0.3, -0.25) is 0 Å². The van der Waals surface area contributed by atoms with E-state index < -0.39 is 5.97 Å². The third kappa shape index (κ3) is 3.47. The second-order valence-electron chi connectivity index (χ2n) is 5.15. The number of rotatable bonds is 5. The summed E-state index contributed by atoms with van der Waals surface area (Å²) in [6.07, 6.45) is 1.36. The Balaban J connectivity index is 1.79. The SMILES string of the molecule is COC(=O)c1ccc(OCc2c(-c3ccccc3F)nnn2C)nc1. The number of methoxy groups -OCH3 is 1. The molecular weight excluding hydrogens is 327 g/mol. The maximum absolute atomic E-state index is 14.0. The molecule has 0 aliphatic heterocycles. The van der Waals surface area contributed by atoms with Gasteiger partial charge in [0.2, 0.25) is 5.88 Å². The predicted molar refractivity (Wildman–Crippen MR) is 86.3 cm³/mol. The number of esters is 1. The molecule has 0 fully saturated rings. The Morgan fingerprint density at radius 2 is 2.04 bits per heavy atom. The molecule has 0 aliphatic carbocycles. The number of carbonyl (C=O) groups excluding carboxylic acids is 1. The van der Waals surface area contributed by atoms with E-state index in [0.29, 0.717) is 28.4 Å². The van der Waals surface area contributed by atoms with E-state index >= 15 is 0 Å². The van der Waals surface area contributed by atoms with Crippen molar-refractivity contribution in [3.8, 4) is 17.1 Å². The van der Waals surface area contributed by atoms with Crippen molar-refractivity contribution in [3.05, 3.63) is 59.7 Å². The lowest BCUT2D eigenvalue weighted by Crippen LogP contribution is -2.06. The van der Waals surface area contributed by atoms with E-state index in [9.17, 15) is 9.18 Å². The van der Waals surface area contributed by atoms with Crippen LogP contribution in [-0.4, -0.2) is 33.1 Å². The Morgan fingerprint density at radius 1 is 1.24 bits per heavy atom. The van der Waals surface area contributed by atoms with Gasteiger partial charge < -0.3 is 9.47 Å². The van der Waals surface area contributed by atoms with Crippen molar-refractivity contribution in [1.82, 2.24) is 20.0 Å². The predicted octanol–water partition coefficient (Wildman–Crippen LogP) is 2.38. The van der Waals surface area contributed by atoms with Crippen molar-refractivity contribution in [3.63, 3.8) is 0 Å². The Hall–Kier alpha value is -3.29. The van der Waals surface area contributed by atoms with Crippen LogP contribution in [0.2, 0.25) is 0 Å². The van der Waals surface area contributed by atoms with Gasteiger partial charge in [0.05, 0.1) is 12.7 Å². The third-order valence-electron chi connectivity index (χ3n) is 3.59. The number of halogens is 1. The summed E-state index contributed by atoms with van der Waals surface area (Å²) in [7, 11) is 3.00. The number of aryl methyl sites for hydroxylation is 1. The Morgan fingerprint density at radius 3 is 2.72 bits per heavy atom. The molecule has 0 unspecified atom stereocenters. The summed E-state index contributed by atoms with van der Waals surface area (Å²) in [6, 6.07) is 9.43. The van der Waals surface area contributed by atoms with Crippen molar-refractivity contribution < 1.29 is 18.7 Å². The molecule has 0 amide bonds. The van der Waals surface area contributed by atoms with Gasteiger partial charge in [-0.2, -0.15) is 0 Å². The summed E-state index contributed by atoms with van der Waals surface area (Å²) in [5.74, 6) is -0.546. The number of nitrogens with zero attached hydrogens (tertiary/aromatic N) is 4. The zero-order valence-corrected chi connectivity index (χ0v) is 13.6. The van der Waals surface area contributed by atoms with Crippen LogP contribution in [0, 0.1) is 5.82 Å². The number of aromatic nitrogens is 4. The monoisotopic (exact) mass is 342 g/mol. The van der Waals surface area contributed by atoms with Crippen molar-refractivity contribution >= 4 is 5.97 Å². The summed E-state index contributed by atoms with van der Waals surface area (Å²) in [5, 5.41) is 7.95. The fourth-order valence-corrected chi connectivity index (χ4v) is 2.25. The molecule has 3 aromatic rings. The molecule has 25 heavy (non-hydrogen) atoms. The van der Waals surface area contributed by atoms with Gasteiger partial charge in [0.25, 0.3) is 0 Å². The largest absolute Gasteiger partial charge is 0.471 e. The molecule has 2 heterocycles. The standard InChI is InChI=1S/C17H15FN4O3/c1-22-14(16(20-21-22)12-5-3-4-6-13(12)18)10-25-15-8-7-11(9-19-15)17(23)24-2/h3-9H,10H2,1-2H3. The number of carbonyl (C=O) groups is 1. The van der Waals surface area contributed by atoms with Gasteiger partial charge in [0.15, 0.2) is 0 Å². The summed E-state index contributed by atoms with van der Waals surface area (Å²) >= 11 is 0. The van der Waals surface area contributed by atoms with E-state index in [1.54, 1.807) is 37.4 Å². The normalized spacial score (nSPS) is 10.5. The molecule has 1 aromatic carbocycles. The average molecular weight is 342 g/mol. The van der Waals surface area contributed by atoms with Gasteiger partial charge in [-0.15, -0.1) is 5.10 Å². The van der Waals surface area contributed by atoms with E-state index in [4.69, 9.17) is 4.74 Å². The molecule has 0 spiro atoms. The van der Waals surface area contributed by atoms with E-state index in [1.807, 2.05) is 0 Å². The molecule has 128 valence electrons. The smallest absolute Gasteiger partial charge is 0.339 e. The third-order valence-corrected chi connectivity index (χ3v) is 3.59. The first-order valence-electron chi connectivity index (χ1n) is 7.40. The molecule has 0 radical (unpaired) electrons. The Labute approximate surface area is 143 Å². The fraction of sp³-hybridized carbons (Fsp3) is 0.176. The first-order valence-corrected chi connectivity index (χ1v) is 7.40. The molecule has 0 bridgehead atoms. The molecule has 2 aromatic heterocycles. The first kappa shape index (κ1) is 16.6. The quantitative estimate of drug-likeness (QED) is 0.663. The molecule has 0 atom stereocenters. The maximum Gasteiger partial charge on any atom is 0.339 e. The highest BCUT2D eigenvalue weighted by atomic mass is 19.1. The zero-order valence-electron chi connectivity index (χ0n) is 13.6. The lowest BCUT2D eigenvalue weighted by Gasteiger charge is -2.08.